The van der Waals surface area contributed by atoms with Crippen molar-refractivity contribution in [2.45, 2.75) is 26.8 Å². The van der Waals surface area contributed by atoms with E-state index in [4.69, 9.17) is 0 Å². The quantitative estimate of drug-likeness (QED) is 0.755. The van der Waals surface area contributed by atoms with E-state index in [0.717, 1.165) is 11.4 Å². The Morgan fingerprint density at radius 2 is 2.24 bits per heavy atom. The summed E-state index contributed by atoms with van der Waals surface area (Å²) in [4.78, 5) is 15.9. The van der Waals surface area contributed by atoms with Gasteiger partial charge in [-0.15, -0.1) is 0 Å². The summed E-state index contributed by atoms with van der Waals surface area (Å²) in [7, 11) is 0. The van der Waals surface area contributed by atoms with Crippen molar-refractivity contribution in [3.8, 4) is 0 Å². The van der Waals surface area contributed by atoms with E-state index in [1.165, 1.54) is 0 Å². The number of hydrogen-bond donors (Lipinski definition) is 0. The van der Waals surface area contributed by atoms with Gasteiger partial charge in [-0.3, -0.25) is 14.5 Å². The molecule has 0 aromatic carbocycles. The highest BCUT2D eigenvalue weighted by Crippen LogP contribution is 2.11. The van der Waals surface area contributed by atoms with Gasteiger partial charge in [0.2, 0.25) is 0 Å². The average molecular weight is 229 g/mol. The molecule has 2 aromatic rings. The fourth-order valence-electron chi connectivity index (χ4n) is 1.72. The van der Waals surface area contributed by atoms with E-state index in [9.17, 15) is 4.79 Å². The first-order chi connectivity index (χ1) is 8.22. The molecule has 0 aliphatic carbocycles. The van der Waals surface area contributed by atoms with Crippen LogP contribution in [0.3, 0.4) is 0 Å². The van der Waals surface area contributed by atoms with Gasteiger partial charge < -0.3 is 0 Å². The number of nitrogens with zero attached hydrogens (tertiary/aromatic N) is 3. The molecule has 17 heavy (non-hydrogen) atoms. The maximum Gasteiger partial charge on any atom is 0.166 e. The molecule has 0 aliphatic heterocycles. The second kappa shape index (κ2) is 4.91. The van der Waals surface area contributed by atoms with Crippen LogP contribution in [0.15, 0.2) is 30.6 Å². The van der Waals surface area contributed by atoms with Crippen molar-refractivity contribution in [3.05, 3.63) is 47.5 Å². The number of ketones is 1. The molecule has 0 amide bonds. The highest BCUT2D eigenvalue weighted by molar-refractivity contribution is 5.96. The molecule has 0 bridgehead atoms. The van der Waals surface area contributed by atoms with Gasteiger partial charge in [0.05, 0.1) is 24.0 Å². The van der Waals surface area contributed by atoms with Gasteiger partial charge in [-0.2, -0.15) is 5.10 Å². The summed E-state index contributed by atoms with van der Waals surface area (Å²) < 4.78 is 1.81. The topological polar surface area (TPSA) is 47.8 Å². The van der Waals surface area contributed by atoms with Crippen molar-refractivity contribution in [1.82, 2.24) is 14.8 Å². The Labute approximate surface area is 100 Å². The lowest BCUT2D eigenvalue weighted by molar-refractivity contribution is 0.0987. The lowest BCUT2D eigenvalue weighted by Crippen LogP contribution is -2.06. The highest BCUT2D eigenvalue weighted by Gasteiger charge is 2.12. The Hall–Kier alpha value is -1.97. The first-order valence-electron chi connectivity index (χ1n) is 5.68. The normalized spacial score (nSPS) is 10.5. The smallest absolute Gasteiger partial charge is 0.166 e. The van der Waals surface area contributed by atoms with Gasteiger partial charge in [-0.1, -0.05) is 13.0 Å². The first-order valence-corrected chi connectivity index (χ1v) is 5.68. The van der Waals surface area contributed by atoms with E-state index in [1.54, 1.807) is 12.4 Å². The highest BCUT2D eigenvalue weighted by atomic mass is 16.1. The summed E-state index contributed by atoms with van der Waals surface area (Å²) in [5, 5.41) is 4.24. The average Bonchev–Trinajstić information content (AvgIpc) is 2.72. The van der Waals surface area contributed by atoms with Gasteiger partial charge in [0.15, 0.2) is 5.78 Å². The molecule has 4 nitrogen and oxygen atoms in total. The fourth-order valence-corrected chi connectivity index (χ4v) is 1.72. The molecule has 0 unspecified atom stereocenters. The van der Waals surface area contributed by atoms with Crippen molar-refractivity contribution in [1.29, 1.82) is 0 Å². The zero-order valence-corrected chi connectivity index (χ0v) is 10.1. The molecular weight excluding hydrogens is 214 g/mol. The van der Waals surface area contributed by atoms with E-state index < -0.39 is 0 Å². The third kappa shape index (κ3) is 2.41. The molecule has 0 atom stereocenters. The minimum absolute atomic E-state index is 0.134. The van der Waals surface area contributed by atoms with Gasteiger partial charge >= 0.3 is 0 Å². The lowest BCUT2D eigenvalue weighted by atomic mass is 10.1. The summed E-state index contributed by atoms with van der Waals surface area (Å²) in [5.74, 6) is 0.134. The molecule has 2 aromatic heterocycles. The van der Waals surface area contributed by atoms with Crippen LogP contribution in [0.4, 0.5) is 0 Å². The molecule has 2 rings (SSSR count). The Bertz CT molecular complexity index is 517. The molecular formula is C13H15N3O. The van der Waals surface area contributed by atoms with Crippen molar-refractivity contribution in [2.24, 2.45) is 0 Å². The molecule has 0 N–H and O–H groups in total. The Morgan fingerprint density at radius 1 is 1.41 bits per heavy atom. The maximum atomic E-state index is 11.6. The molecule has 0 fully saturated rings. The van der Waals surface area contributed by atoms with Crippen molar-refractivity contribution in [2.75, 3.05) is 0 Å². The SMILES string of the molecule is CCC(=O)c1cnn(Cc2ccccn2)c1C. The number of aromatic nitrogens is 3. The molecule has 0 aliphatic rings. The Kier molecular flexibility index (Phi) is 3.32. The van der Waals surface area contributed by atoms with E-state index in [2.05, 4.69) is 10.1 Å². The van der Waals surface area contributed by atoms with Crippen molar-refractivity contribution >= 4 is 5.78 Å². The van der Waals surface area contributed by atoms with E-state index >= 15 is 0 Å². The van der Waals surface area contributed by atoms with Crippen LogP contribution in [0.2, 0.25) is 0 Å². The maximum absolute atomic E-state index is 11.6. The Morgan fingerprint density at radius 3 is 2.88 bits per heavy atom. The molecule has 0 saturated heterocycles. The number of pyridine rings is 1. The first kappa shape index (κ1) is 11.5. The van der Waals surface area contributed by atoms with Crippen LogP contribution in [0.1, 0.15) is 35.1 Å². The van der Waals surface area contributed by atoms with Gasteiger partial charge in [-0.25, -0.2) is 0 Å². The second-order valence-electron chi connectivity index (χ2n) is 3.90. The molecule has 0 saturated carbocycles. The Balaban J connectivity index is 2.24. The number of rotatable bonds is 4. The van der Waals surface area contributed by atoms with Gasteiger partial charge in [0.25, 0.3) is 0 Å². The molecule has 88 valence electrons. The fraction of sp³-hybridized carbons (Fsp3) is 0.308. The van der Waals surface area contributed by atoms with Gasteiger partial charge in [0.1, 0.15) is 0 Å². The summed E-state index contributed by atoms with van der Waals surface area (Å²) in [6.07, 6.45) is 3.91. The summed E-state index contributed by atoms with van der Waals surface area (Å²) in [6.45, 7) is 4.38. The van der Waals surface area contributed by atoms with Crippen LogP contribution in [0.25, 0.3) is 0 Å². The molecule has 4 heteroatoms. The third-order valence-corrected chi connectivity index (χ3v) is 2.76. The summed E-state index contributed by atoms with van der Waals surface area (Å²) >= 11 is 0. The van der Waals surface area contributed by atoms with Crippen LogP contribution in [-0.4, -0.2) is 20.5 Å². The van der Waals surface area contributed by atoms with Crippen LogP contribution in [0.5, 0.6) is 0 Å². The van der Waals surface area contributed by atoms with E-state index in [0.29, 0.717) is 18.5 Å². The number of carbonyl (C=O) groups excluding carboxylic acids is 1. The number of carbonyl (C=O) groups is 1. The largest absolute Gasteiger partial charge is 0.294 e. The zero-order chi connectivity index (χ0) is 12.3. The monoisotopic (exact) mass is 229 g/mol. The number of hydrogen-bond acceptors (Lipinski definition) is 3. The molecule has 0 spiro atoms. The standard InChI is InChI=1S/C13H15N3O/c1-3-13(17)12-8-15-16(10(12)2)9-11-6-4-5-7-14-11/h4-8H,3,9H2,1-2H3. The lowest BCUT2D eigenvalue weighted by Gasteiger charge is -2.04. The van der Waals surface area contributed by atoms with Crippen molar-refractivity contribution < 1.29 is 4.79 Å². The number of Topliss-reactive ketones (excluding diaryl/α,β-unsaturated/α-hetero) is 1. The summed E-state index contributed by atoms with van der Waals surface area (Å²) in [6, 6.07) is 5.77. The van der Waals surface area contributed by atoms with Gasteiger partial charge in [-0.05, 0) is 19.1 Å². The zero-order valence-electron chi connectivity index (χ0n) is 10.1. The van der Waals surface area contributed by atoms with Crippen molar-refractivity contribution in [3.63, 3.8) is 0 Å². The third-order valence-electron chi connectivity index (χ3n) is 2.76. The minimum Gasteiger partial charge on any atom is -0.294 e. The van der Waals surface area contributed by atoms with Crippen LogP contribution in [0, 0.1) is 6.92 Å². The predicted octanol–water partition coefficient (Wildman–Crippen LogP) is 2.23. The minimum atomic E-state index is 0.134. The van der Waals surface area contributed by atoms with Gasteiger partial charge in [0, 0.05) is 18.3 Å². The van der Waals surface area contributed by atoms with Crippen LogP contribution < -0.4 is 0 Å². The predicted molar refractivity (Wildman–Crippen MR) is 64.9 cm³/mol. The second-order valence-corrected chi connectivity index (χ2v) is 3.90. The van der Waals surface area contributed by atoms with Crippen LogP contribution in [-0.2, 0) is 6.54 Å². The van der Waals surface area contributed by atoms with E-state index in [-0.39, 0.29) is 5.78 Å². The molecule has 0 radical (unpaired) electrons. The molecule has 2 heterocycles. The van der Waals surface area contributed by atoms with E-state index in [1.807, 2.05) is 36.7 Å². The van der Waals surface area contributed by atoms with Crippen LogP contribution >= 0.6 is 0 Å². The summed E-state index contributed by atoms with van der Waals surface area (Å²) in [5.41, 5.74) is 2.56.